The van der Waals surface area contributed by atoms with E-state index in [1.807, 2.05) is 31.2 Å². The van der Waals surface area contributed by atoms with Crippen LogP contribution < -0.4 is 14.8 Å². The number of hydrogen-bond donors (Lipinski definition) is 1. The van der Waals surface area contributed by atoms with E-state index in [2.05, 4.69) is 5.32 Å². The molecule has 3 aromatic rings. The van der Waals surface area contributed by atoms with Crippen molar-refractivity contribution in [1.82, 2.24) is 4.90 Å². The number of nitriles is 1. The van der Waals surface area contributed by atoms with E-state index in [1.165, 1.54) is 11.2 Å². The lowest BCUT2D eigenvalue weighted by atomic mass is 10.2. The predicted molar refractivity (Wildman–Crippen MR) is 117 cm³/mol. The fourth-order valence-electron chi connectivity index (χ4n) is 2.91. The monoisotopic (exact) mass is 433 g/mol. The summed E-state index contributed by atoms with van der Waals surface area (Å²) in [5, 5.41) is 11.8. The summed E-state index contributed by atoms with van der Waals surface area (Å²) in [5.41, 5.74) is 1.06. The van der Waals surface area contributed by atoms with Crippen molar-refractivity contribution in [3.05, 3.63) is 78.3 Å². The number of furan rings is 1. The standard InChI is InChI=1S/C24H23N3O5/c1-2-30-22-13-18(14-25)10-11-21(22)32-17-24(29)27(15-20-9-6-12-31-20)16-23(28)26-19-7-4-3-5-8-19/h3-13H,2,15-17H2,1H3,(H,26,28). The van der Waals surface area contributed by atoms with Crippen LogP contribution in [0.5, 0.6) is 11.5 Å². The van der Waals surface area contributed by atoms with Crippen LogP contribution in [0.1, 0.15) is 18.2 Å². The Morgan fingerprint density at radius 2 is 1.88 bits per heavy atom. The number of carbonyl (C=O) groups excluding carboxylic acids is 2. The molecular formula is C24H23N3O5. The Morgan fingerprint density at radius 1 is 1.06 bits per heavy atom. The van der Waals surface area contributed by atoms with Crippen LogP contribution >= 0.6 is 0 Å². The van der Waals surface area contributed by atoms with Crippen molar-refractivity contribution in [2.45, 2.75) is 13.5 Å². The maximum Gasteiger partial charge on any atom is 0.261 e. The Kier molecular flexibility index (Phi) is 7.87. The zero-order valence-electron chi connectivity index (χ0n) is 17.6. The van der Waals surface area contributed by atoms with Crippen molar-refractivity contribution in [3.63, 3.8) is 0 Å². The Morgan fingerprint density at radius 3 is 2.56 bits per heavy atom. The summed E-state index contributed by atoms with van der Waals surface area (Å²) in [4.78, 5) is 26.8. The highest BCUT2D eigenvalue weighted by molar-refractivity contribution is 5.94. The summed E-state index contributed by atoms with van der Waals surface area (Å²) in [6.07, 6.45) is 1.50. The molecule has 32 heavy (non-hydrogen) atoms. The number of para-hydroxylation sites is 1. The Hall–Kier alpha value is -4.25. The van der Waals surface area contributed by atoms with Crippen LogP contribution in [-0.4, -0.2) is 36.5 Å². The SMILES string of the molecule is CCOc1cc(C#N)ccc1OCC(=O)N(CC(=O)Nc1ccccc1)Cc1ccco1. The van der Waals surface area contributed by atoms with Gasteiger partial charge in [0.1, 0.15) is 12.3 Å². The van der Waals surface area contributed by atoms with Crippen LogP contribution in [-0.2, 0) is 16.1 Å². The lowest BCUT2D eigenvalue weighted by Crippen LogP contribution is -2.40. The highest BCUT2D eigenvalue weighted by Gasteiger charge is 2.20. The van der Waals surface area contributed by atoms with Crippen molar-refractivity contribution >= 4 is 17.5 Å². The van der Waals surface area contributed by atoms with Gasteiger partial charge in [0.2, 0.25) is 5.91 Å². The average Bonchev–Trinajstić information content (AvgIpc) is 3.31. The molecule has 164 valence electrons. The largest absolute Gasteiger partial charge is 0.490 e. The predicted octanol–water partition coefficient (Wildman–Crippen LogP) is 3.60. The molecule has 0 aliphatic rings. The summed E-state index contributed by atoms with van der Waals surface area (Å²) in [6, 6.07) is 19.2. The van der Waals surface area contributed by atoms with Gasteiger partial charge in [-0.2, -0.15) is 5.26 Å². The molecule has 8 heteroatoms. The molecule has 0 aliphatic heterocycles. The summed E-state index contributed by atoms with van der Waals surface area (Å²) in [7, 11) is 0. The average molecular weight is 433 g/mol. The van der Waals surface area contributed by atoms with E-state index in [0.29, 0.717) is 35.1 Å². The number of nitrogens with one attached hydrogen (secondary N) is 1. The first-order chi connectivity index (χ1) is 15.6. The Balaban J connectivity index is 1.68. The van der Waals surface area contributed by atoms with E-state index in [9.17, 15) is 9.59 Å². The number of carbonyl (C=O) groups is 2. The van der Waals surface area contributed by atoms with Crippen LogP contribution in [0.3, 0.4) is 0 Å². The number of ether oxygens (including phenoxy) is 2. The third kappa shape index (κ3) is 6.37. The summed E-state index contributed by atoms with van der Waals surface area (Å²) < 4.78 is 16.5. The van der Waals surface area contributed by atoms with Crippen molar-refractivity contribution in [1.29, 1.82) is 5.26 Å². The Bertz CT molecular complexity index is 1070. The van der Waals surface area contributed by atoms with Crippen LogP contribution in [0, 0.1) is 11.3 Å². The van der Waals surface area contributed by atoms with E-state index >= 15 is 0 Å². The molecule has 0 spiro atoms. The molecule has 1 N–H and O–H groups in total. The van der Waals surface area contributed by atoms with Gasteiger partial charge in [-0.3, -0.25) is 9.59 Å². The maximum absolute atomic E-state index is 12.9. The summed E-state index contributed by atoms with van der Waals surface area (Å²) >= 11 is 0. The fourth-order valence-corrected chi connectivity index (χ4v) is 2.91. The van der Waals surface area contributed by atoms with Gasteiger partial charge < -0.3 is 24.1 Å². The normalized spacial score (nSPS) is 10.1. The minimum Gasteiger partial charge on any atom is -0.490 e. The lowest BCUT2D eigenvalue weighted by molar-refractivity contribution is -0.137. The van der Waals surface area contributed by atoms with E-state index in [-0.39, 0.29) is 25.6 Å². The van der Waals surface area contributed by atoms with Crippen molar-refractivity contribution in [2.24, 2.45) is 0 Å². The van der Waals surface area contributed by atoms with Gasteiger partial charge in [0.15, 0.2) is 18.1 Å². The maximum atomic E-state index is 12.9. The second-order valence-electron chi connectivity index (χ2n) is 6.74. The molecule has 0 saturated carbocycles. The third-order valence-corrected chi connectivity index (χ3v) is 4.40. The van der Waals surface area contributed by atoms with E-state index in [4.69, 9.17) is 19.2 Å². The molecular weight excluding hydrogens is 410 g/mol. The minimum atomic E-state index is -0.406. The van der Waals surface area contributed by atoms with Gasteiger partial charge in [-0.25, -0.2) is 0 Å². The molecule has 3 rings (SSSR count). The van der Waals surface area contributed by atoms with Crippen molar-refractivity contribution < 1.29 is 23.5 Å². The topological polar surface area (TPSA) is 105 Å². The molecule has 0 fully saturated rings. The van der Waals surface area contributed by atoms with Crippen molar-refractivity contribution in [2.75, 3.05) is 25.1 Å². The molecule has 2 amide bonds. The van der Waals surface area contributed by atoms with Crippen LogP contribution in [0.25, 0.3) is 0 Å². The molecule has 0 aliphatic carbocycles. The Labute approximate surface area is 186 Å². The first-order valence-electron chi connectivity index (χ1n) is 10.0. The fraction of sp³-hybridized carbons (Fsp3) is 0.208. The highest BCUT2D eigenvalue weighted by atomic mass is 16.5. The van der Waals surface area contributed by atoms with Gasteiger partial charge in [0.05, 0.1) is 31.0 Å². The van der Waals surface area contributed by atoms with E-state index in [0.717, 1.165) is 0 Å². The number of benzene rings is 2. The molecule has 0 saturated heterocycles. The highest BCUT2D eigenvalue weighted by Crippen LogP contribution is 2.28. The van der Waals surface area contributed by atoms with Crippen molar-refractivity contribution in [3.8, 4) is 17.6 Å². The van der Waals surface area contributed by atoms with Gasteiger partial charge in [-0.05, 0) is 43.3 Å². The molecule has 2 aromatic carbocycles. The molecule has 0 atom stereocenters. The molecule has 0 unspecified atom stereocenters. The molecule has 0 bridgehead atoms. The molecule has 0 radical (unpaired) electrons. The number of amides is 2. The third-order valence-electron chi connectivity index (χ3n) is 4.40. The van der Waals surface area contributed by atoms with Crippen LogP contribution in [0.4, 0.5) is 5.69 Å². The lowest BCUT2D eigenvalue weighted by Gasteiger charge is -2.22. The smallest absolute Gasteiger partial charge is 0.261 e. The summed E-state index contributed by atoms with van der Waals surface area (Å²) in [6.45, 7) is 1.81. The van der Waals surface area contributed by atoms with E-state index < -0.39 is 5.91 Å². The minimum absolute atomic E-state index is 0.114. The molecule has 8 nitrogen and oxygen atoms in total. The van der Waals surface area contributed by atoms with Crippen LogP contribution in [0.2, 0.25) is 0 Å². The van der Waals surface area contributed by atoms with E-state index in [1.54, 1.807) is 42.5 Å². The van der Waals surface area contributed by atoms with Crippen LogP contribution in [0.15, 0.2) is 71.3 Å². The summed E-state index contributed by atoms with van der Waals surface area (Å²) in [5.74, 6) is 0.504. The van der Waals surface area contributed by atoms with Gasteiger partial charge in [0, 0.05) is 11.8 Å². The number of anilines is 1. The molecule has 1 heterocycles. The zero-order valence-corrected chi connectivity index (χ0v) is 17.6. The first-order valence-corrected chi connectivity index (χ1v) is 10.0. The van der Waals surface area contributed by atoms with Gasteiger partial charge in [-0.15, -0.1) is 0 Å². The quantitative estimate of drug-likeness (QED) is 0.524. The number of hydrogen-bond acceptors (Lipinski definition) is 6. The van der Waals surface area contributed by atoms with Gasteiger partial charge >= 0.3 is 0 Å². The molecule has 1 aromatic heterocycles. The number of nitrogens with zero attached hydrogens (tertiary/aromatic N) is 2. The second kappa shape index (κ2) is 11.2. The van der Waals surface area contributed by atoms with Gasteiger partial charge in [0.25, 0.3) is 5.91 Å². The number of rotatable bonds is 10. The first kappa shape index (κ1) is 22.4. The zero-order chi connectivity index (χ0) is 22.8. The second-order valence-corrected chi connectivity index (χ2v) is 6.74. The van der Waals surface area contributed by atoms with Gasteiger partial charge in [-0.1, -0.05) is 18.2 Å².